The predicted molar refractivity (Wildman–Crippen MR) is 72.9 cm³/mol. The van der Waals surface area contributed by atoms with E-state index in [1.54, 1.807) is 0 Å². The smallest absolute Gasteiger partial charge is 0.175 e. The van der Waals surface area contributed by atoms with Crippen LogP contribution in [0.25, 0.3) is 16.7 Å². The van der Waals surface area contributed by atoms with Crippen LogP contribution in [0.2, 0.25) is 0 Å². The number of para-hydroxylation sites is 1. The molecule has 0 bridgehead atoms. The Balaban J connectivity index is 2.23. The van der Waals surface area contributed by atoms with Crippen LogP contribution in [0, 0.1) is 4.77 Å². The normalized spacial score (nSPS) is 14.5. The summed E-state index contributed by atoms with van der Waals surface area (Å²) < 4.78 is 0.646. The molecule has 0 radical (unpaired) electrons. The second-order valence-corrected chi connectivity index (χ2v) is 4.18. The molecule has 0 amide bonds. The quantitative estimate of drug-likeness (QED) is 0.671. The van der Waals surface area contributed by atoms with E-state index < -0.39 is 0 Å². The van der Waals surface area contributed by atoms with Gasteiger partial charge in [0, 0.05) is 17.5 Å². The number of nitrogens with one attached hydrogen (secondary N) is 3. The summed E-state index contributed by atoms with van der Waals surface area (Å²) in [4.78, 5) is 6.30. The van der Waals surface area contributed by atoms with E-state index in [4.69, 9.17) is 12.2 Å². The molecule has 3 N–H and O–H groups in total. The Morgan fingerprint density at radius 1 is 1.00 bits per heavy atom. The van der Waals surface area contributed by atoms with Crippen LogP contribution < -0.4 is 5.32 Å². The summed E-state index contributed by atoms with van der Waals surface area (Å²) >= 11 is 5.12. The van der Waals surface area contributed by atoms with Crippen molar-refractivity contribution in [3.63, 3.8) is 0 Å². The van der Waals surface area contributed by atoms with Crippen molar-refractivity contribution in [2.75, 3.05) is 0 Å². The highest BCUT2D eigenvalue weighted by molar-refractivity contribution is 7.71. The Morgan fingerprint density at radius 2 is 1.94 bits per heavy atom. The fraction of sp³-hybridized carbons (Fsp3) is 0. The van der Waals surface area contributed by atoms with E-state index in [1.807, 2.05) is 42.6 Å². The number of rotatable bonds is 1. The number of fused-ring (bicyclic) bond motifs is 1. The van der Waals surface area contributed by atoms with E-state index in [0.717, 1.165) is 22.3 Å². The van der Waals surface area contributed by atoms with Crippen molar-refractivity contribution in [1.82, 2.24) is 15.3 Å². The monoisotopic (exact) mass is 241 g/mol. The number of allylic oxidation sites excluding steroid dienone is 4. The first-order valence-electron chi connectivity index (χ1n) is 5.36. The van der Waals surface area contributed by atoms with E-state index >= 15 is 0 Å². The minimum atomic E-state index is 0.646. The van der Waals surface area contributed by atoms with Crippen LogP contribution in [-0.4, -0.2) is 9.97 Å². The topological polar surface area (TPSA) is 43.6 Å². The molecule has 17 heavy (non-hydrogen) atoms. The Hall–Kier alpha value is -2.07. The zero-order chi connectivity index (χ0) is 11.7. The van der Waals surface area contributed by atoms with E-state index in [2.05, 4.69) is 21.4 Å². The zero-order valence-electron chi connectivity index (χ0n) is 9.03. The molecule has 1 aliphatic heterocycles. The van der Waals surface area contributed by atoms with Crippen molar-refractivity contribution in [2.45, 2.75) is 0 Å². The molecular weight excluding hydrogens is 230 g/mol. The maximum atomic E-state index is 5.12. The molecule has 3 nitrogen and oxygen atoms in total. The molecule has 4 heteroatoms. The Morgan fingerprint density at radius 3 is 2.88 bits per heavy atom. The van der Waals surface area contributed by atoms with Gasteiger partial charge in [0.15, 0.2) is 4.77 Å². The average molecular weight is 241 g/mol. The minimum absolute atomic E-state index is 0.646. The number of aromatic amines is 2. The highest BCUT2D eigenvalue weighted by Gasteiger charge is 2.07. The Kier molecular flexibility index (Phi) is 2.42. The van der Waals surface area contributed by atoms with Crippen molar-refractivity contribution in [1.29, 1.82) is 0 Å². The van der Waals surface area contributed by atoms with Crippen molar-refractivity contribution in [2.24, 2.45) is 0 Å². The second-order valence-electron chi connectivity index (χ2n) is 3.78. The summed E-state index contributed by atoms with van der Waals surface area (Å²) in [6.45, 7) is 0. The van der Waals surface area contributed by atoms with Crippen LogP contribution >= 0.6 is 12.2 Å². The van der Waals surface area contributed by atoms with Gasteiger partial charge in [-0.05, 0) is 30.4 Å². The summed E-state index contributed by atoms with van der Waals surface area (Å²) in [5.41, 5.74) is 4.20. The molecule has 1 aromatic carbocycles. The van der Waals surface area contributed by atoms with Gasteiger partial charge >= 0.3 is 0 Å². The molecule has 0 fully saturated rings. The van der Waals surface area contributed by atoms with Crippen LogP contribution in [0.15, 0.2) is 48.7 Å². The Labute approximate surface area is 104 Å². The van der Waals surface area contributed by atoms with Crippen LogP contribution in [0.3, 0.4) is 0 Å². The average Bonchev–Trinajstić information content (AvgIpc) is 2.55. The third kappa shape index (κ3) is 1.83. The fourth-order valence-electron chi connectivity index (χ4n) is 1.91. The summed E-state index contributed by atoms with van der Waals surface area (Å²) in [5.74, 6) is 0. The molecule has 0 saturated carbocycles. The van der Waals surface area contributed by atoms with Gasteiger partial charge in [-0.15, -0.1) is 0 Å². The number of H-pyrrole nitrogens is 2. The SMILES string of the molecule is S=c1[nH]c2cccc(C3=CC=CC=CN3)c2[nH]1. The van der Waals surface area contributed by atoms with Crippen molar-refractivity contribution in [3.8, 4) is 0 Å². The standard InChI is InChI=1S/C13H11N3S/c17-13-15-11-7-4-5-9(12(11)16-13)10-6-2-1-3-8-14-10/h1-8,14H,(H2,15,16,17). The minimum Gasteiger partial charge on any atom is -0.361 e. The predicted octanol–water partition coefficient (Wildman–Crippen LogP) is 3.24. The summed E-state index contributed by atoms with van der Waals surface area (Å²) in [5, 5.41) is 3.25. The van der Waals surface area contributed by atoms with Crippen LogP contribution in [0.4, 0.5) is 0 Å². The van der Waals surface area contributed by atoms with Crippen molar-refractivity contribution >= 4 is 28.9 Å². The number of benzene rings is 1. The maximum Gasteiger partial charge on any atom is 0.175 e. The molecule has 0 atom stereocenters. The summed E-state index contributed by atoms with van der Waals surface area (Å²) in [6, 6.07) is 6.08. The van der Waals surface area contributed by atoms with Gasteiger partial charge in [0.2, 0.25) is 0 Å². The molecule has 2 heterocycles. The lowest BCUT2D eigenvalue weighted by molar-refractivity contribution is 1.22. The molecule has 0 aliphatic carbocycles. The van der Waals surface area contributed by atoms with Gasteiger partial charge in [-0.1, -0.05) is 24.3 Å². The highest BCUT2D eigenvalue weighted by atomic mass is 32.1. The molecule has 0 spiro atoms. The molecule has 0 unspecified atom stereocenters. The largest absolute Gasteiger partial charge is 0.361 e. The molecule has 2 aromatic rings. The van der Waals surface area contributed by atoms with Gasteiger partial charge in [-0.3, -0.25) is 0 Å². The molecule has 1 aromatic heterocycles. The van der Waals surface area contributed by atoms with Gasteiger partial charge in [0.1, 0.15) is 0 Å². The summed E-state index contributed by atoms with van der Waals surface area (Å²) in [7, 11) is 0. The van der Waals surface area contributed by atoms with Crippen LogP contribution in [0.5, 0.6) is 0 Å². The molecule has 84 valence electrons. The maximum absolute atomic E-state index is 5.12. The van der Waals surface area contributed by atoms with Gasteiger partial charge in [0.05, 0.1) is 11.0 Å². The summed E-state index contributed by atoms with van der Waals surface area (Å²) in [6.07, 6.45) is 9.91. The number of hydrogen-bond donors (Lipinski definition) is 3. The zero-order valence-corrected chi connectivity index (χ0v) is 9.84. The Bertz CT molecular complexity index is 701. The lowest BCUT2D eigenvalue weighted by Crippen LogP contribution is -2.03. The van der Waals surface area contributed by atoms with Gasteiger partial charge in [-0.25, -0.2) is 0 Å². The fourth-order valence-corrected chi connectivity index (χ4v) is 2.12. The van der Waals surface area contributed by atoms with Crippen LogP contribution in [0.1, 0.15) is 5.56 Å². The first-order valence-corrected chi connectivity index (χ1v) is 5.77. The molecule has 0 saturated heterocycles. The first-order chi connectivity index (χ1) is 8.34. The number of hydrogen-bond acceptors (Lipinski definition) is 2. The van der Waals surface area contributed by atoms with Crippen LogP contribution in [-0.2, 0) is 0 Å². The lowest BCUT2D eigenvalue weighted by atomic mass is 10.1. The van der Waals surface area contributed by atoms with Crippen molar-refractivity contribution < 1.29 is 0 Å². The molecular formula is C13H11N3S. The molecule has 3 rings (SSSR count). The van der Waals surface area contributed by atoms with E-state index in [-0.39, 0.29) is 0 Å². The second kappa shape index (κ2) is 4.07. The highest BCUT2D eigenvalue weighted by Crippen LogP contribution is 2.22. The van der Waals surface area contributed by atoms with E-state index in [1.165, 1.54) is 0 Å². The van der Waals surface area contributed by atoms with E-state index in [9.17, 15) is 0 Å². The first kappa shape index (κ1) is 10.1. The third-order valence-electron chi connectivity index (χ3n) is 2.66. The molecule has 1 aliphatic rings. The van der Waals surface area contributed by atoms with Gasteiger partial charge in [-0.2, -0.15) is 0 Å². The van der Waals surface area contributed by atoms with Crippen molar-refractivity contribution in [3.05, 3.63) is 59.0 Å². The van der Waals surface area contributed by atoms with E-state index in [0.29, 0.717) is 4.77 Å². The van der Waals surface area contributed by atoms with Gasteiger partial charge < -0.3 is 15.3 Å². The third-order valence-corrected chi connectivity index (χ3v) is 2.87. The van der Waals surface area contributed by atoms with Gasteiger partial charge in [0.25, 0.3) is 0 Å². The number of aromatic nitrogens is 2. The number of imidazole rings is 1. The lowest BCUT2D eigenvalue weighted by Gasteiger charge is -2.07.